The summed E-state index contributed by atoms with van der Waals surface area (Å²) in [5.41, 5.74) is 2.54. The van der Waals surface area contributed by atoms with Crippen molar-refractivity contribution in [2.75, 3.05) is 17.7 Å². The van der Waals surface area contributed by atoms with E-state index in [1.54, 1.807) is 42.1 Å². The first-order chi connectivity index (χ1) is 14.4. The highest BCUT2D eigenvalue weighted by Gasteiger charge is 2.16. The van der Waals surface area contributed by atoms with Gasteiger partial charge in [0.1, 0.15) is 11.6 Å². The minimum Gasteiger partial charge on any atom is -0.497 e. The Kier molecular flexibility index (Phi) is 5.20. The first-order valence-corrected chi connectivity index (χ1v) is 9.95. The number of aromatic nitrogens is 3. The smallest absolute Gasteiger partial charge is 0.256 e. The zero-order valence-electron chi connectivity index (χ0n) is 16.6. The average Bonchev–Trinajstić information content (AvgIpc) is 3.29. The Morgan fingerprint density at radius 1 is 1.10 bits per heavy atom. The highest BCUT2D eigenvalue weighted by atomic mass is 32.1. The minimum atomic E-state index is -0.314. The number of nitrogens with zero attached hydrogens (tertiary/aromatic N) is 3. The van der Waals surface area contributed by atoms with Crippen LogP contribution in [0.25, 0.3) is 15.3 Å². The van der Waals surface area contributed by atoms with Crippen LogP contribution in [-0.4, -0.2) is 33.7 Å². The Labute approximate surface area is 176 Å². The lowest BCUT2D eigenvalue weighted by atomic mass is 10.2. The van der Waals surface area contributed by atoms with E-state index >= 15 is 0 Å². The van der Waals surface area contributed by atoms with Gasteiger partial charge in [-0.05, 0) is 43.3 Å². The molecule has 30 heavy (non-hydrogen) atoms. The van der Waals surface area contributed by atoms with Gasteiger partial charge in [0.15, 0.2) is 0 Å². The summed E-state index contributed by atoms with van der Waals surface area (Å²) in [4.78, 5) is 28.7. The molecule has 0 radical (unpaired) electrons. The number of hydrogen-bond acceptors (Lipinski definition) is 6. The van der Waals surface area contributed by atoms with E-state index in [0.29, 0.717) is 22.2 Å². The van der Waals surface area contributed by atoms with Gasteiger partial charge in [-0.15, -0.1) is 0 Å². The fourth-order valence-electron chi connectivity index (χ4n) is 2.97. The highest BCUT2D eigenvalue weighted by Crippen LogP contribution is 2.30. The van der Waals surface area contributed by atoms with Gasteiger partial charge in [0.2, 0.25) is 11.0 Å². The van der Waals surface area contributed by atoms with Gasteiger partial charge < -0.3 is 15.4 Å². The summed E-state index contributed by atoms with van der Waals surface area (Å²) in [5, 5.41) is 10.7. The molecule has 4 aromatic rings. The molecule has 152 valence electrons. The third-order valence-corrected chi connectivity index (χ3v) is 5.28. The van der Waals surface area contributed by atoms with Gasteiger partial charge in [-0.25, -0.2) is 4.98 Å². The maximum atomic E-state index is 12.8. The molecule has 8 nitrogen and oxygen atoms in total. The van der Waals surface area contributed by atoms with Crippen LogP contribution in [0.1, 0.15) is 23.0 Å². The molecule has 0 atom stereocenters. The molecule has 0 saturated heterocycles. The Morgan fingerprint density at radius 3 is 2.70 bits per heavy atom. The number of thiazole rings is 1. The number of carbonyl (C=O) groups excluding carboxylic acids is 2. The standard InChI is InChI=1S/C21H19N5O3S/c1-12-9-19(24-20(28)14-5-4-6-15(10-14)22-13(2)27)26(25-12)21-23-17-8-7-16(29-3)11-18(17)30-21/h4-11H,1-3H3,(H,22,27)(H,24,28). The Morgan fingerprint density at radius 2 is 1.93 bits per heavy atom. The monoisotopic (exact) mass is 421 g/mol. The van der Waals surface area contributed by atoms with Crippen molar-refractivity contribution < 1.29 is 14.3 Å². The van der Waals surface area contributed by atoms with Gasteiger partial charge in [-0.2, -0.15) is 9.78 Å². The van der Waals surface area contributed by atoms with Crippen LogP contribution in [-0.2, 0) is 4.79 Å². The van der Waals surface area contributed by atoms with Crippen molar-refractivity contribution in [3.05, 3.63) is 59.8 Å². The second-order valence-electron chi connectivity index (χ2n) is 6.63. The van der Waals surface area contributed by atoms with Gasteiger partial charge in [0.25, 0.3) is 5.91 Å². The normalized spacial score (nSPS) is 10.8. The lowest BCUT2D eigenvalue weighted by Crippen LogP contribution is -2.15. The quantitative estimate of drug-likeness (QED) is 0.507. The molecule has 0 unspecified atom stereocenters. The van der Waals surface area contributed by atoms with Crippen LogP contribution in [0.4, 0.5) is 11.5 Å². The van der Waals surface area contributed by atoms with Crippen LogP contribution in [0.2, 0.25) is 0 Å². The lowest BCUT2D eigenvalue weighted by molar-refractivity contribution is -0.114. The largest absolute Gasteiger partial charge is 0.497 e. The van der Waals surface area contributed by atoms with Crippen molar-refractivity contribution >= 4 is 44.9 Å². The molecular formula is C21H19N5O3S. The van der Waals surface area contributed by atoms with Crippen LogP contribution in [0, 0.1) is 6.92 Å². The molecule has 0 aliphatic rings. The van der Waals surface area contributed by atoms with E-state index in [9.17, 15) is 9.59 Å². The van der Waals surface area contributed by atoms with E-state index in [1.807, 2.05) is 25.1 Å². The number of rotatable bonds is 5. The molecule has 0 saturated carbocycles. The molecule has 2 aromatic heterocycles. The van der Waals surface area contributed by atoms with Crippen molar-refractivity contribution in [1.82, 2.24) is 14.8 Å². The number of ether oxygens (including phenoxy) is 1. The summed E-state index contributed by atoms with van der Waals surface area (Å²) >= 11 is 1.45. The lowest BCUT2D eigenvalue weighted by Gasteiger charge is -2.08. The zero-order chi connectivity index (χ0) is 21.3. The van der Waals surface area contributed by atoms with Gasteiger partial charge in [0.05, 0.1) is 23.0 Å². The molecule has 2 amide bonds. The van der Waals surface area contributed by atoms with E-state index in [0.717, 1.165) is 21.7 Å². The number of carbonyl (C=O) groups is 2. The molecule has 2 N–H and O–H groups in total. The van der Waals surface area contributed by atoms with E-state index in [1.165, 1.54) is 18.3 Å². The van der Waals surface area contributed by atoms with Crippen LogP contribution in [0.5, 0.6) is 5.75 Å². The van der Waals surface area contributed by atoms with E-state index in [-0.39, 0.29) is 11.8 Å². The van der Waals surface area contributed by atoms with E-state index in [2.05, 4.69) is 20.7 Å². The second-order valence-corrected chi connectivity index (χ2v) is 7.64. The van der Waals surface area contributed by atoms with Crippen LogP contribution in [0.3, 0.4) is 0 Å². The van der Waals surface area contributed by atoms with Crippen molar-refractivity contribution in [2.24, 2.45) is 0 Å². The number of aryl methyl sites for hydroxylation is 1. The summed E-state index contributed by atoms with van der Waals surface area (Å²) in [6, 6.07) is 14.2. The maximum absolute atomic E-state index is 12.8. The van der Waals surface area contributed by atoms with Gasteiger partial charge >= 0.3 is 0 Å². The predicted molar refractivity (Wildman–Crippen MR) is 117 cm³/mol. The number of nitrogens with one attached hydrogen (secondary N) is 2. The number of anilines is 2. The topological polar surface area (TPSA) is 98.1 Å². The van der Waals surface area contributed by atoms with Crippen LogP contribution >= 0.6 is 11.3 Å². The number of amides is 2. The first kappa shape index (κ1) is 19.6. The number of methoxy groups -OCH3 is 1. The molecule has 0 spiro atoms. The summed E-state index contributed by atoms with van der Waals surface area (Å²) in [7, 11) is 1.62. The summed E-state index contributed by atoms with van der Waals surface area (Å²) < 4.78 is 7.84. The Bertz CT molecular complexity index is 1260. The van der Waals surface area contributed by atoms with Crippen LogP contribution in [0.15, 0.2) is 48.5 Å². The van der Waals surface area contributed by atoms with E-state index < -0.39 is 0 Å². The molecule has 9 heteroatoms. The summed E-state index contributed by atoms with van der Waals surface area (Å²) in [6.45, 7) is 3.27. The average molecular weight is 421 g/mol. The number of fused-ring (bicyclic) bond motifs is 1. The third-order valence-electron chi connectivity index (χ3n) is 4.28. The fraction of sp³-hybridized carbons (Fsp3) is 0.143. The molecular weight excluding hydrogens is 402 g/mol. The van der Waals surface area contributed by atoms with Gasteiger partial charge in [-0.3, -0.25) is 9.59 Å². The zero-order valence-corrected chi connectivity index (χ0v) is 17.4. The molecule has 2 aromatic carbocycles. The maximum Gasteiger partial charge on any atom is 0.256 e. The van der Waals surface area contributed by atoms with Crippen LogP contribution < -0.4 is 15.4 Å². The summed E-state index contributed by atoms with van der Waals surface area (Å²) in [6.07, 6.45) is 0. The molecule has 4 rings (SSSR count). The third kappa shape index (κ3) is 4.01. The predicted octanol–water partition coefficient (Wildman–Crippen LogP) is 4.01. The van der Waals surface area contributed by atoms with Crippen molar-refractivity contribution in [3.8, 4) is 10.9 Å². The van der Waals surface area contributed by atoms with Gasteiger partial charge in [0, 0.05) is 24.2 Å². The SMILES string of the molecule is COc1ccc2nc(-n3nc(C)cc3NC(=O)c3cccc(NC(C)=O)c3)sc2c1. The molecule has 0 fully saturated rings. The number of hydrogen-bond donors (Lipinski definition) is 2. The molecule has 2 heterocycles. The fourth-order valence-corrected chi connectivity index (χ4v) is 3.93. The highest BCUT2D eigenvalue weighted by molar-refractivity contribution is 7.20. The van der Waals surface area contributed by atoms with Crippen molar-refractivity contribution in [3.63, 3.8) is 0 Å². The van der Waals surface area contributed by atoms with E-state index in [4.69, 9.17) is 4.74 Å². The molecule has 0 aliphatic carbocycles. The number of benzene rings is 2. The second kappa shape index (κ2) is 7.96. The Balaban J connectivity index is 1.64. The Hall–Kier alpha value is -3.72. The minimum absolute atomic E-state index is 0.200. The molecule has 0 aliphatic heterocycles. The van der Waals surface area contributed by atoms with Gasteiger partial charge in [-0.1, -0.05) is 17.4 Å². The molecule has 0 bridgehead atoms. The summed E-state index contributed by atoms with van der Waals surface area (Å²) in [5.74, 6) is 0.746. The van der Waals surface area contributed by atoms with Crippen molar-refractivity contribution in [1.29, 1.82) is 0 Å². The first-order valence-electron chi connectivity index (χ1n) is 9.13. The van der Waals surface area contributed by atoms with Crippen molar-refractivity contribution in [2.45, 2.75) is 13.8 Å².